The van der Waals surface area contributed by atoms with Crippen molar-refractivity contribution in [2.45, 2.75) is 58.2 Å². The smallest absolute Gasteiger partial charge is 0.410 e. The molecule has 220 valence electrons. The maximum absolute atomic E-state index is 13.9. The molecule has 9 nitrogen and oxygen atoms in total. The number of hydrogen-bond acceptors (Lipinski definition) is 6. The summed E-state index contributed by atoms with van der Waals surface area (Å²) >= 11 is 0. The van der Waals surface area contributed by atoms with Gasteiger partial charge in [0.1, 0.15) is 11.4 Å². The third-order valence-corrected chi connectivity index (χ3v) is 7.44. The lowest BCUT2D eigenvalue weighted by atomic mass is 10.0. The Hall–Kier alpha value is -4.47. The van der Waals surface area contributed by atoms with Crippen LogP contribution in [0, 0.1) is 5.82 Å². The van der Waals surface area contributed by atoms with Crippen molar-refractivity contribution in [3.8, 4) is 22.5 Å². The SMILES string of the molecule is C[C@H](Nc1nccc(-c2c(-c3ccc(F)cc3)c(=O)n(C)n2C2CCN(C(=O)OC(C)(C)C)CC2)n1)c1ccccc1. The number of hydrogen-bond donors (Lipinski definition) is 1. The van der Waals surface area contributed by atoms with Crippen LogP contribution in [0.15, 0.2) is 71.7 Å². The van der Waals surface area contributed by atoms with Crippen LogP contribution in [0.25, 0.3) is 22.5 Å². The van der Waals surface area contributed by atoms with Gasteiger partial charge in [0.25, 0.3) is 5.56 Å². The van der Waals surface area contributed by atoms with Crippen LogP contribution in [0.4, 0.5) is 15.1 Å². The predicted octanol–water partition coefficient (Wildman–Crippen LogP) is 6.20. The molecule has 1 aliphatic heterocycles. The normalized spacial score (nSPS) is 15.0. The lowest BCUT2D eigenvalue weighted by Crippen LogP contribution is -2.42. The molecule has 0 spiro atoms. The van der Waals surface area contributed by atoms with E-state index in [1.807, 2.05) is 62.7 Å². The summed E-state index contributed by atoms with van der Waals surface area (Å²) in [7, 11) is 1.73. The van der Waals surface area contributed by atoms with E-state index in [4.69, 9.17) is 9.72 Å². The van der Waals surface area contributed by atoms with Crippen molar-refractivity contribution in [2.75, 3.05) is 18.4 Å². The van der Waals surface area contributed by atoms with Crippen molar-refractivity contribution in [1.82, 2.24) is 24.2 Å². The molecule has 1 aliphatic rings. The third-order valence-electron chi connectivity index (χ3n) is 7.44. The number of likely N-dealkylation sites (tertiary alicyclic amines) is 1. The molecule has 3 heterocycles. The van der Waals surface area contributed by atoms with Crippen LogP contribution in [-0.4, -0.2) is 49.0 Å². The van der Waals surface area contributed by atoms with Gasteiger partial charge < -0.3 is 15.0 Å². The number of rotatable bonds is 6. The second-order valence-electron chi connectivity index (χ2n) is 11.6. The summed E-state index contributed by atoms with van der Waals surface area (Å²) in [6.07, 6.45) is 2.58. The highest BCUT2D eigenvalue weighted by molar-refractivity contribution is 5.79. The van der Waals surface area contributed by atoms with Crippen molar-refractivity contribution in [3.05, 3.63) is 88.6 Å². The molecule has 0 radical (unpaired) electrons. The highest BCUT2D eigenvalue weighted by Crippen LogP contribution is 2.35. The number of anilines is 1. The van der Waals surface area contributed by atoms with Gasteiger partial charge in [-0.05, 0) is 69.9 Å². The zero-order valence-electron chi connectivity index (χ0n) is 24.7. The molecule has 0 saturated carbocycles. The molecule has 42 heavy (non-hydrogen) atoms. The Balaban J connectivity index is 1.53. The van der Waals surface area contributed by atoms with Crippen molar-refractivity contribution in [3.63, 3.8) is 0 Å². The summed E-state index contributed by atoms with van der Waals surface area (Å²) in [6.45, 7) is 8.56. The number of piperidine rings is 1. The fraction of sp³-hybridized carbons (Fsp3) is 0.375. The average molecular weight is 573 g/mol. The van der Waals surface area contributed by atoms with E-state index in [2.05, 4.69) is 10.3 Å². The van der Waals surface area contributed by atoms with Crippen LogP contribution in [-0.2, 0) is 11.8 Å². The largest absolute Gasteiger partial charge is 0.444 e. The van der Waals surface area contributed by atoms with Crippen molar-refractivity contribution >= 4 is 12.0 Å². The summed E-state index contributed by atoms with van der Waals surface area (Å²) in [5.41, 5.74) is 2.54. The molecule has 10 heteroatoms. The molecule has 1 fully saturated rings. The van der Waals surface area contributed by atoms with E-state index in [0.29, 0.717) is 54.4 Å². The zero-order chi connectivity index (χ0) is 30.0. The Bertz CT molecular complexity index is 1600. The van der Waals surface area contributed by atoms with Crippen LogP contribution in [0.5, 0.6) is 0 Å². The number of nitrogens with zero attached hydrogens (tertiary/aromatic N) is 5. The molecule has 2 aromatic carbocycles. The second-order valence-corrected chi connectivity index (χ2v) is 11.6. The highest BCUT2D eigenvalue weighted by atomic mass is 19.1. The summed E-state index contributed by atoms with van der Waals surface area (Å²) in [6, 6.07) is 17.6. The van der Waals surface area contributed by atoms with Gasteiger partial charge in [-0.15, -0.1) is 0 Å². The molecular weight excluding hydrogens is 535 g/mol. The summed E-state index contributed by atoms with van der Waals surface area (Å²) in [4.78, 5) is 37.5. The van der Waals surface area contributed by atoms with Crippen molar-refractivity contribution < 1.29 is 13.9 Å². The minimum atomic E-state index is -0.577. The molecule has 1 N–H and O–H groups in total. The zero-order valence-corrected chi connectivity index (χ0v) is 24.7. The molecule has 5 rings (SSSR count). The maximum atomic E-state index is 13.9. The molecule has 1 atom stereocenters. The van der Waals surface area contributed by atoms with E-state index in [1.165, 1.54) is 12.1 Å². The van der Waals surface area contributed by atoms with Crippen LogP contribution < -0.4 is 10.9 Å². The van der Waals surface area contributed by atoms with Gasteiger partial charge in [0.05, 0.1) is 29.0 Å². The van der Waals surface area contributed by atoms with Gasteiger partial charge in [-0.25, -0.2) is 19.2 Å². The number of nitrogens with one attached hydrogen (secondary N) is 1. The Morgan fingerprint density at radius 2 is 1.71 bits per heavy atom. The van der Waals surface area contributed by atoms with E-state index in [1.54, 1.807) is 41.0 Å². The van der Waals surface area contributed by atoms with Gasteiger partial charge >= 0.3 is 6.09 Å². The summed E-state index contributed by atoms with van der Waals surface area (Å²) in [5, 5.41) is 3.37. The molecule has 2 aromatic heterocycles. The summed E-state index contributed by atoms with van der Waals surface area (Å²) < 4.78 is 23.0. The lowest BCUT2D eigenvalue weighted by molar-refractivity contribution is 0.0182. The van der Waals surface area contributed by atoms with Crippen LogP contribution in [0.3, 0.4) is 0 Å². The molecule has 0 bridgehead atoms. The fourth-order valence-electron chi connectivity index (χ4n) is 5.37. The van der Waals surface area contributed by atoms with E-state index in [9.17, 15) is 14.0 Å². The Kier molecular flexibility index (Phi) is 8.15. The van der Waals surface area contributed by atoms with Gasteiger partial charge in [0.15, 0.2) is 0 Å². The van der Waals surface area contributed by atoms with Crippen LogP contribution in [0.2, 0.25) is 0 Å². The molecule has 0 unspecified atom stereocenters. The number of carbonyl (C=O) groups excluding carboxylic acids is 1. The van der Waals surface area contributed by atoms with Gasteiger partial charge in [0.2, 0.25) is 5.95 Å². The molecule has 1 saturated heterocycles. The van der Waals surface area contributed by atoms with E-state index in [-0.39, 0.29) is 29.6 Å². The molecule has 4 aromatic rings. The topological polar surface area (TPSA) is 94.3 Å². The molecular formula is C32H37FN6O3. The lowest BCUT2D eigenvalue weighted by Gasteiger charge is -2.35. The molecule has 1 amide bonds. The highest BCUT2D eigenvalue weighted by Gasteiger charge is 2.32. The third kappa shape index (κ3) is 6.22. The fourth-order valence-corrected chi connectivity index (χ4v) is 5.37. The minimum absolute atomic E-state index is 0.0480. The number of aromatic nitrogens is 4. The number of carbonyl (C=O) groups is 1. The number of ether oxygens (including phenoxy) is 1. The first-order chi connectivity index (χ1) is 20.0. The maximum Gasteiger partial charge on any atom is 0.410 e. The van der Waals surface area contributed by atoms with Gasteiger partial charge in [-0.3, -0.25) is 14.2 Å². The van der Waals surface area contributed by atoms with Crippen LogP contribution >= 0.6 is 0 Å². The van der Waals surface area contributed by atoms with Crippen molar-refractivity contribution in [2.24, 2.45) is 7.05 Å². The van der Waals surface area contributed by atoms with Crippen molar-refractivity contribution in [1.29, 1.82) is 0 Å². The minimum Gasteiger partial charge on any atom is -0.444 e. The number of halogens is 1. The Morgan fingerprint density at radius 1 is 1.05 bits per heavy atom. The summed E-state index contributed by atoms with van der Waals surface area (Å²) in [5.74, 6) is 0.0472. The van der Waals surface area contributed by atoms with E-state index < -0.39 is 5.60 Å². The number of amides is 1. The quantitative estimate of drug-likeness (QED) is 0.296. The van der Waals surface area contributed by atoms with Gasteiger partial charge in [-0.2, -0.15) is 0 Å². The monoisotopic (exact) mass is 572 g/mol. The first kappa shape index (κ1) is 29.0. The Labute approximate surface area is 245 Å². The Morgan fingerprint density at radius 3 is 2.36 bits per heavy atom. The molecule has 0 aliphatic carbocycles. The van der Waals surface area contributed by atoms with Gasteiger partial charge in [0, 0.05) is 26.3 Å². The van der Waals surface area contributed by atoms with E-state index in [0.717, 1.165) is 5.56 Å². The average Bonchev–Trinajstić information content (AvgIpc) is 3.23. The van der Waals surface area contributed by atoms with Gasteiger partial charge in [-0.1, -0.05) is 42.5 Å². The van der Waals surface area contributed by atoms with Crippen LogP contribution in [0.1, 0.15) is 58.2 Å². The standard InChI is InChI=1S/C32H37FN6O3/c1-21(22-9-7-6-8-10-22)35-30-34-18-15-26(36-30)28-27(23-11-13-24(33)14-12-23)29(40)37(5)39(28)25-16-19-38(20-17-25)31(41)42-32(2,3)4/h6-15,18,21,25H,16-17,19-20H2,1-5H3,(H,34,35,36)/t21-/m0/s1. The number of benzene rings is 2. The first-order valence-corrected chi connectivity index (χ1v) is 14.2. The first-order valence-electron chi connectivity index (χ1n) is 14.2. The predicted molar refractivity (Wildman–Crippen MR) is 161 cm³/mol. The van der Waals surface area contributed by atoms with E-state index >= 15 is 0 Å². The second kappa shape index (κ2) is 11.8.